The molecule has 0 saturated heterocycles. The van der Waals surface area contributed by atoms with E-state index in [1.165, 1.54) is 225 Å². The maximum Gasteiger partial charge on any atom is 0.306 e. The van der Waals surface area contributed by atoms with Gasteiger partial charge in [-0.05, 0) is 103 Å². The summed E-state index contributed by atoms with van der Waals surface area (Å²) in [6.07, 6.45) is 101. The first kappa shape index (κ1) is 89.0. The number of hydrogen-bond donors (Lipinski definition) is 0. The average molecular weight is 1300 g/mol. The molecule has 0 aliphatic carbocycles. The van der Waals surface area contributed by atoms with Crippen LogP contribution in [0.5, 0.6) is 0 Å². The number of carboxylic acid groups (broad SMARTS) is 1. The lowest BCUT2D eigenvalue weighted by molar-refractivity contribution is -0.870. The lowest BCUT2D eigenvalue weighted by atomic mass is 10.0. The van der Waals surface area contributed by atoms with Crippen LogP contribution < -0.4 is 5.11 Å². The standard InChI is InChI=1S/C84H147NO8/c1-6-8-10-12-14-16-18-20-22-24-26-28-30-32-34-36-38-40-41-43-45-47-49-51-53-55-57-59-61-63-65-67-69-71-73-75-82(87)93-80(79-92-84(83(88)89)90-77-76-85(3,4)5)78-91-81(86)74-72-70-68-66-64-62-60-58-56-54-52-50-48-46-44-42-39-37-35-33-31-29-27-25-23-21-19-17-15-13-11-9-7-2/h8,10,14,16,19-22,25-28,31-34,38,40,80,84H,6-7,9,11-13,15,17-18,23-24,29-30,35-37,39,41-79H2,1-5H3/b10-8-,16-14-,21-19-,22-20-,27-25-,28-26-,33-31-,34-32-,40-38-. The first-order valence-corrected chi connectivity index (χ1v) is 39.0. The molecule has 2 atom stereocenters. The Balaban J connectivity index is 4.04. The number of aliphatic carboxylic acids is 1. The smallest absolute Gasteiger partial charge is 0.306 e. The molecular weight excluding hydrogens is 1150 g/mol. The highest BCUT2D eigenvalue weighted by Crippen LogP contribution is 2.18. The molecule has 0 N–H and O–H groups in total. The number of quaternary nitrogens is 1. The van der Waals surface area contributed by atoms with E-state index in [0.717, 1.165) is 89.9 Å². The molecule has 0 fully saturated rings. The number of carbonyl (C=O) groups is 3. The monoisotopic (exact) mass is 1300 g/mol. The second-order valence-corrected chi connectivity index (χ2v) is 27.3. The van der Waals surface area contributed by atoms with Crippen molar-refractivity contribution in [2.24, 2.45) is 0 Å². The summed E-state index contributed by atoms with van der Waals surface area (Å²) in [6.45, 7) is 4.66. The number of likely N-dealkylation sites (N-methyl/N-ethyl adjacent to an activating group) is 1. The Hall–Kier alpha value is -4.05. The van der Waals surface area contributed by atoms with Gasteiger partial charge in [0, 0.05) is 12.8 Å². The predicted molar refractivity (Wildman–Crippen MR) is 398 cm³/mol. The molecule has 0 heterocycles. The fourth-order valence-corrected chi connectivity index (χ4v) is 11.1. The molecule has 0 amide bonds. The van der Waals surface area contributed by atoms with Crippen LogP contribution in [-0.4, -0.2) is 82.3 Å². The van der Waals surface area contributed by atoms with Gasteiger partial charge in [0.15, 0.2) is 12.4 Å². The van der Waals surface area contributed by atoms with Crippen LogP contribution in [0, 0.1) is 0 Å². The van der Waals surface area contributed by atoms with E-state index >= 15 is 0 Å². The van der Waals surface area contributed by atoms with Gasteiger partial charge in [-0.3, -0.25) is 9.59 Å². The Labute approximate surface area is 575 Å². The van der Waals surface area contributed by atoms with Crippen LogP contribution in [0.1, 0.15) is 348 Å². The van der Waals surface area contributed by atoms with E-state index in [-0.39, 0.29) is 32.2 Å². The van der Waals surface area contributed by atoms with E-state index < -0.39 is 24.3 Å². The van der Waals surface area contributed by atoms with Crippen LogP contribution in [0.25, 0.3) is 0 Å². The number of ether oxygens (including phenoxy) is 4. The molecule has 0 radical (unpaired) electrons. The summed E-state index contributed by atoms with van der Waals surface area (Å²) in [5, 5.41) is 11.9. The minimum Gasteiger partial charge on any atom is -0.545 e. The molecule has 0 aliphatic heterocycles. The third kappa shape index (κ3) is 75.2. The second kappa shape index (κ2) is 73.8. The third-order valence-corrected chi connectivity index (χ3v) is 17.0. The maximum atomic E-state index is 13.0. The number of unbranched alkanes of at least 4 members (excludes halogenated alkanes) is 39. The number of allylic oxidation sites excluding steroid dienone is 18. The van der Waals surface area contributed by atoms with Crippen molar-refractivity contribution in [2.45, 2.75) is 360 Å². The van der Waals surface area contributed by atoms with Gasteiger partial charge in [-0.1, -0.05) is 342 Å². The maximum absolute atomic E-state index is 13.0. The molecule has 536 valence electrons. The van der Waals surface area contributed by atoms with Crippen molar-refractivity contribution < 1.29 is 42.9 Å². The third-order valence-electron chi connectivity index (χ3n) is 17.0. The molecule has 0 aromatic heterocycles. The van der Waals surface area contributed by atoms with E-state index in [4.69, 9.17) is 18.9 Å². The van der Waals surface area contributed by atoms with Crippen LogP contribution in [0.3, 0.4) is 0 Å². The molecule has 9 heteroatoms. The molecular formula is C84H147NO8. The number of carbonyl (C=O) groups excluding carboxylic acids is 3. The van der Waals surface area contributed by atoms with Crippen molar-refractivity contribution in [3.05, 3.63) is 109 Å². The summed E-state index contributed by atoms with van der Waals surface area (Å²) in [4.78, 5) is 37.6. The van der Waals surface area contributed by atoms with E-state index in [0.29, 0.717) is 23.9 Å². The Bertz CT molecular complexity index is 1900. The number of rotatable bonds is 72. The van der Waals surface area contributed by atoms with Crippen molar-refractivity contribution in [2.75, 3.05) is 47.5 Å². The van der Waals surface area contributed by atoms with Gasteiger partial charge in [0.1, 0.15) is 13.2 Å². The Morgan fingerprint density at radius 2 is 0.613 bits per heavy atom. The van der Waals surface area contributed by atoms with Crippen LogP contribution in [0.4, 0.5) is 0 Å². The normalized spacial score (nSPS) is 13.3. The molecule has 0 aliphatic rings. The van der Waals surface area contributed by atoms with Crippen molar-refractivity contribution in [3.8, 4) is 0 Å². The first-order chi connectivity index (χ1) is 45.6. The minimum absolute atomic E-state index is 0.146. The lowest BCUT2D eigenvalue weighted by Crippen LogP contribution is -2.44. The average Bonchev–Trinajstić information content (AvgIpc) is 3.74. The number of hydrogen-bond acceptors (Lipinski definition) is 8. The molecule has 9 nitrogen and oxygen atoms in total. The van der Waals surface area contributed by atoms with E-state index in [1.807, 2.05) is 21.1 Å². The second-order valence-electron chi connectivity index (χ2n) is 27.3. The number of nitrogens with zero attached hydrogens (tertiary/aromatic N) is 1. The highest BCUT2D eigenvalue weighted by Gasteiger charge is 2.22. The number of esters is 2. The molecule has 0 aromatic rings. The van der Waals surface area contributed by atoms with Gasteiger partial charge in [-0.25, -0.2) is 0 Å². The molecule has 93 heavy (non-hydrogen) atoms. The quantitative estimate of drug-likeness (QED) is 0.0195. The van der Waals surface area contributed by atoms with Gasteiger partial charge in [-0.2, -0.15) is 0 Å². The van der Waals surface area contributed by atoms with E-state index in [9.17, 15) is 19.5 Å². The summed E-state index contributed by atoms with van der Waals surface area (Å²) in [5.74, 6) is -2.27. The molecule has 0 saturated carbocycles. The zero-order chi connectivity index (χ0) is 67.5. The van der Waals surface area contributed by atoms with Crippen molar-refractivity contribution in [1.29, 1.82) is 0 Å². The zero-order valence-electron chi connectivity index (χ0n) is 61.4. The van der Waals surface area contributed by atoms with Gasteiger partial charge in [0.2, 0.25) is 0 Å². The SMILES string of the molecule is CC/C=C\C/C=C\C/C=C\C/C=C\C/C=C\C/C=C\CCCCCCCCCCCCCCCCCCC(=O)OC(COC(=O)CCCCCCCCCCCCCCCCCCCC/C=C\C/C=C\C/C=C\CCCCCCC)COC(OCC[N+](C)(C)C)C(=O)[O-]. The van der Waals surface area contributed by atoms with Crippen LogP contribution in [0.15, 0.2) is 109 Å². The highest BCUT2D eigenvalue weighted by atomic mass is 16.7. The highest BCUT2D eigenvalue weighted by molar-refractivity contribution is 5.70. The van der Waals surface area contributed by atoms with Gasteiger partial charge in [0.25, 0.3) is 0 Å². The Morgan fingerprint density at radius 3 is 0.914 bits per heavy atom. The summed E-state index contributed by atoms with van der Waals surface area (Å²) >= 11 is 0. The van der Waals surface area contributed by atoms with Gasteiger partial charge in [0.05, 0.1) is 40.3 Å². The van der Waals surface area contributed by atoms with E-state index in [1.54, 1.807) is 0 Å². The zero-order valence-corrected chi connectivity index (χ0v) is 61.4. The molecule has 0 rings (SSSR count). The minimum atomic E-state index is -1.63. The fraction of sp³-hybridized carbons (Fsp3) is 0.750. The lowest BCUT2D eigenvalue weighted by Gasteiger charge is -2.26. The van der Waals surface area contributed by atoms with Crippen LogP contribution in [0.2, 0.25) is 0 Å². The van der Waals surface area contributed by atoms with Crippen LogP contribution >= 0.6 is 0 Å². The van der Waals surface area contributed by atoms with Crippen molar-refractivity contribution in [1.82, 2.24) is 0 Å². The van der Waals surface area contributed by atoms with E-state index in [2.05, 4.69) is 123 Å². The van der Waals surface area contributed by atoms with Gasteiger partial charge >= 0.3 is 11.9 Å². The van der Waals surface area contributed by atoms with Gasteiger partial charge in [-0.15, -0.1) is 0 Å². The van der Waals surface area contributed by atoms with Gasteiger partial charge < -0.3 is 33.3 Å². The summed E-state index contributed by atoms with van der Waals surface area (Å²) < 4.78 is 22.9. The summed E-state index contributed by atoms with van der Waals surface area (Å²) in [5.41, 5.74) is 0. The molecule has 2 unspecified atom stereocenters. The predicted octanol–water partition coefficient (Wildman–Crippen LogP) is 23.6. The number of carboxylic acids is 1. The topological polar surface area (TPSA) is 111 Å². The first-order valence-electron chi connectivity index (χ1n) is 39.0. The van der Waals surface area contributed by atoms with Crippen molar-refractivity contribution in [3.63, 3.8) is 0 Å². The largest absolute Gasteiger partial charge is 0.545 e. The fourth-order valence-electron chi connectivity index (χ4n) is 11.1. The van der Waals surface area contributed by atoms with Crippen molar-refractivity contribution >= 4 is 17.9 Å². The molecule has 0 spiro atoms. The molecule has 0 aromatic carbocycles. The van der Waals surface area contributed by atoms with Crippen LogP contribution in [-0.2, 0) is 33.3 Å². The molecule has 0 bridgehead atoms. The summed E-state index contributed by atoms with van der Waals surface area (Å²) in [6, 6.07) is 0. The summed E-state index contributed by atoms with van der Waals surface area (Å²) in [7, 11) is 5.94. The Kier molecular flexibility index (Phi) is 70.5. The Morgan fingerprint density at radius 1 is 0.333 bits per heavy atom.